The maximum atomic E-state index is 13.1. The van der Waals surface area contributed by atoms with Crippen LogP contribution >= 0.6 is 11.3 Å². The van der Waals surface area contributed by atoms with Gasteiger partial charge in [0, 0.05) is 39.0 Å². The van der Waals surface area contributed by atoms with Crippen LogP contribution in [-0.4, -0.2) is 54.7 Å². The van der Waals surface area contributed by atoms with Gasteiger partial charge in [-0.15, -0.1) is 11.3 Å². The van der Waals surface area contributed by atoms with Crippen LogP contribution in [0.25, 0.3) is 21.0 Å². The summed E-state index contributed by atoms with van der Waals surface area (Å²) in [4.78, 5) is 19.3. The molecule has 164 valence electrons. The Bertz CT molecular complexity index is 1360. The summed E-state index contributed by atoms with van der Waals surface area (Å²) in [5, 5.41) is 2.87. The number of nitrogens with zero attached hydrogens (tertiary/aromatic N) is 3. The first-order chi connectivity index (χ1) is 15.5. The summed E-state index contributed by atoms with van der Waals surface area (Å²) in [6.07, 6.45) is 0.991. The fourth-order valence-electron chi connectivity index (χ4n) is 4.05. The van der Waals surface area contributed by atoms with Gasteiger partial charge in [0.25, 0.3) is 0 Å². The lowest BCUT2D eigenvalue weighted by Gasteiger charge is -2.34. The fourth-order valence-corrected chi connectivity index (χ4v) is 6.48. The molecule has 0 spiro atoms. The maximum absolute atomic E-state index is 13.1. The molecule has 3 aromatic carbocycles. The lowest BCUT2D eigenvalue weighted by molar-refractivity contribution is -0.132. The van der Waals surface area contributed by atoms with Crippen LogP contribution in [0.5, 0.6) is 0 Å². The van der Waals surface area contributed by atoms with Gasteiger partial charge in [-0.3, -0.25) is 4.79 Å². The number of benzene rings is 3. The summed E-state index contributed by atoms with van der Waals surface area (Å²) in [7, 11) is -3.59. The first kappa shape index (κ1) is 21.1. The summed E-state index contributed by atoms with van der Waals surface area (Å²) in [5.41, 5.74) is 0.965. The van der Waals surface area contributed by atoms with Gasteiger partial charge in [-0.25, -0.2) is 13.4 Å². The molecular formula is C24H23N3O3S2. The van der Waals surface area contributed by atoms with E-state index in [-0.39, 0.29) is 5.91 Å². The van der Waals surface area contributed by atoms with Crippen LogP contribution < -0.4 is 0 Å². The summed E-state index contributed by atoms with van der Waals surface area (Å²) < 4.78 is 28.8. The number of hydrogen-bond donors (Lipinski definition) is 0. The molecule has 0 N–H and O–H groups in total. The zero-order valence-electron chi connectivity index (χ0n) is 17.5. The second-order valence-electron chi connectivity index (χ2n) is 7.87. The van der Waals surface area contributed by atoms with E-state index in [0.29, 0.717) is 43.9 Å². The molecule has 0 saturated carbocycles. The number of thiazole rings is 1. The van der Waals surface area contributed by atoms with Crippen LogP contribution in [0.3, 0.4) is 0 Å². The molecule has 32 heavy (non-hydrogen) atoms. The molecule has 1 aromatic heterocycles. The van der Waals surface area contributed by atoms with Crippen molar-refractivity contribution < 1.29 is 13.2 Å². The second-order valence-corrected chi connectivity index (χ2v) is 10.9. The van der Waals surface area contributed by atoms with Crippen molar-refractivity contribution in [3.63, 3.8) is 0 Å². The van der Waals surface area contributed by atoms with Crippen molar-refractivity contribution in [3.8, 4) is 0 Å². The Morgan fingerprint density at radius 3 is 2.41 bits per heavy atom. The minimum Gasteiger partial charge on any atom is -0.340 e. The van der Waals surface area contributed by atoms with Gasteiger partial charge in [-0.05, 0) is 35.0 Å². The number of amides is 1. The van der Waals surface area contributed by atoms with Crippen molar-refractivity contribution in [3.05, 3.63) is 71.7 Å². The average molecular weight is 466 g/mol. The number of fused-ring (bicyclic) bond motifs is 2. The summed E-state index contributed by atoms with van der Waals surface area (Å²) >= 11 is 1.62. The highest BCUT2D eigenvalue weighted by Gasteiger charge is 2.30. The van der Waals surface area contributed by atoms with E-state index < -0.39 is 10.0 Å². The summed E-state index contributed by atoms with van der Waals surface area (Å²) in [6.45, 7) is 1.43. The molecular weight excluding hydrogens is 442 g/mol. The molecule has 2 heterocycles. The van der Waals surface area contributed by atoms with Gasteiger partial charge >= 0.3 is 0 Å². The number of aryl methyl sites for hydroxylation is 1. The first-order valence-corrected chi connectivity index (χ1v) is 12.9. The van der Waals surface area contributed by atoms with Gasteiger partial charge in [0.1, 0.15) is 0 Å². The number of aromatic nitrogens is 1. The van der Waals surface area contributed by atoms with E-state index in [1.807, 2.05) is 54.6 Å². The quantitative estimate of drug-likeness (QED) is 0.448. The molecule has 0 aliphatic carbocycles. The van der Waals surface area contributed by atoms with Crippen molar-refractivity contribution in [1.82, 2.24) is 14.2 Å². The van der Waals surface area contributed by atoms with Crippen molar-refractivity contribution >= 4 is 48.3 Å². The van der Waals surface area contributed by atoms with E-state index in [1.165, 1.54) is 4.31 Å². The number of para-hydroxylation sites is 1. The molecule has 6 nitrogen and oxygen atoms in total. The van der Waals surface area contributed by atoms with E-state index in [0.717, 1.165) is 26.0 Å². The van der Waals surface area contributed by atoms with Crippen molar-refractivity contribution in [1.29, 1.82) is 0 Å². The highest BCUT2D eigenvalue weighted by atomic mass is 32.2. The van der Waals surface area contributed by atoms with Gasteiger partial charge in [0.15, 0.2) is 0 Å². The molecule has 4 aromatic rings. The Morgan fingerprint density at radius 1 is 0.906 bits per heavy atom. The zero-order valence-corrected chi connectivity index (χ0v) is 19.1. The molecule has 1 fully saturated rings. The van der Waals surface area contributed by atoms with Gasteiger partial charge in [0.2, 0.25) is 15.9 Å². The molecule has 1 saturated heterocycles. The van der Waals surface area contributed by atoms with E-state index in [9.17, 15) is 13.2 Å². The second kappa shape index (κ2) is 8.61. The number of carbonyl (C=O) groups is 1. The minimum absolute atomic E-state index is 0.0482. The number of rotatable bonds is 5. The fraction of sp³-hybridized carbons (Fsp3) is 0.250. The summed E-state index contributed by atoms with van der Waals surface area (Å²) in [5.74, 6) is 0.0482. The molecule has 1 aliphatic rings. The minimum atomic E-state index is -3.59. The van der Waals surface area contributed by atoms with Gasteiger partial charge in [-0.1, -0.05) is 42.5 Å². The third-order valence-corrected chi connectivity index (χ3v) is 8.83. The lowest BCUT2D eigenvalue weighted by Crippen LogP contribution is -2.50. The topological polar surface area (TPSA) is 70.6 Å². The summed E-state index contributed by atoms with van der Waals surface area (Å²) in [6, 6.07) is 20.9. The maximum Gasteiger partial charge on any atom is 0.243 e. The van der Waals surface area contributed by atoms with Crippen molar-refractivity contribution in [2.45, 2.75) is 17.7 Å². The van der Waals surface area contributed by atoms with Crippen LogP contribution in [0.15, 0.2) is 71.6 Å². The average Bonchev–Trinajstić information content (AvgIpc) is 3.25. The van der Waals surface area contributed by atoms with E-state index >= 15 is 0 Å². The smallest absolute Gasteiger partial charge is 0.243 e. The molecule has 1 aliphatic heterocycles. The Labute approximate surface area is 191 Å². The molecule has 0 bridgehead atoms. The molecule has 1 amide bonds. The Kier molecular flexibility index (Phi) is 5.67. The van der Waals surface area contributed by atoms with Gasteiger partial charge in [0.05, 0.1) is 20.1 Å². The first-order valence-electron chi connectivity index (χ1n) is 10.6. The molecule has 0 atom stereocenters. The van der Waals surface area contributed by atoms with Crippen molar-refractivity contribution in [2.24, 2.45) is 0 Å². The zero-order chi connectivity index (χ0) is 22.1. The van der Waals surface area contributed by atoms with Crippen LogP contribution in [0.2, 0.25) is 0 Å². The molecule has 8 heteroatoms. The number of carbonyl (C=O) groups excluding carboxylic acids is 1. The molecule has 5 rings (SSSR count). The predicted molar refractivity (Wildman–Crippen MR) is 127 cm³/mol. The van der Waals surface area contributed by atoms with Crippen LogP contribution in [0.4, 0.5) is 0 Å². The number of hydrogen-bond acceptors (Lipinski definition) is 5. The normalized spacial score (nSPS) is 15.4. The van der Waals surface area contributed by atoms with E-state index in [2.05, 4.69) is 4.98 Å². The Hall–Kier alpha value is -2.81. The van der Waals surface area contributed by atoms with Crippen LogP contribution in [0.1, 0.15) is 11.4 Å². The van der Waals surface area contributed by atoms with Gasteiger partial charge < -0.3 is 4.90 Å². The van der Waals surface area contributed by atoms with Crippen molar-refractivity contribution in [2.75, 3.05) is 26.2 Å². The standard InChI is InChI=1S/C24H23N3O3S2/c28-24(12-11-23-25-21-7-3-4-8-22(21)31-23)26-13-15-27(16-14-26)32(29,30)20-10-9-18-5-1-2-6-19(18)17-20/h1-10,17H,11-16H2. The monoisotopic (exact) mass is 465 g/mol. The molecule has 0 unspecified atom stereocenters. The Balaban J connectivity index is 1.20. The Morgan fingerprint density at radius 2 is 1.62 bits per heavy atom. The number of piperazine rings is 1. The largest absolute Gasteiger partial charge is 0.340 e. The number of sulfonamides is 1. The molecule has 0 radical (unpaired) electrons. The lowest BCUT2D eigenvalue weighted by atomic mass is 10.1. The third kappa shape index (κ3) is 4.13. The van der Waals surface area contributed by atoms with Gasteiger partial charge in [-0.2, -0.15) is 4.31 Å². The van der Waals surface area contributed by atoms with E-state index in [1.54, 1.807) is 28.4 Å². The highest BCUT2D eigenvalue weighted by Crippen LogP contribution is 2.24. The van der Waals surface area contributed by atoms with E-state index in [4.69, 9.17) is 0 Å². The van der Waals surface area contributed by atoms with Crippen LogP contribution in [0, 0.1) is 0 Å². The van der Waals surface area contributed by atoms with Crippen LogP contribution in [-0.2, 0) is 21.2 Å². The highest BCUT2D eigenvalue weighted by molar-refractivity contribution is 7.89. The predicted octanol–water partition coefficient (Wildman–Crippen LogP) is 3.92. The SMILES string of the molecule is O=C(CCc1nc2ccccc2s1)N1CCN(S(=O)(=O)c2ccc3ccccc3c2)CC1. The third-order valence-electron chi connectivity index (χ3n) is 5.84.